The number of rotatable bonds is 1. The highest BCUT2D eigenvalue weighted by Crippen LogP contribution is 2.20. The fraction of sp³-hybridized carbons (Fsp3) is 0.182. The highest BCUT2D eigenvalue weighted by atomic mass is 19.1. The molecule has 2 rings (SSSR count). The number of nitrogens with one attached hydrogen (secondary N) is 1. The molecular formula is C11H10FNO. The molecular weight excluding hydrogens is 181 g/mol. The van der Waals surface area contributed by atoms with E-state index in [2.05, 4.69) is 5.32 Å². The molecule has 0 aliphatic carbocycles. The molecule has 0 bridgehead atoms. The predicted molar refractivity (Wildman–Crippen MR) is 52.0 cm³/mol. The molecule has 1 unspecified atom stereocenters. The van der Waals surface area contributed by atoms with Gasteiger partial charge in [0.15, 0.2) is 5.78 Å². The van der Waals surface area contributed by atoms with Gasteiger partial charge in [0.25, 0.3) is 0 Å². The summed E-state index contributed by atoms with van der Waals surface area (Å²) in [6, 6.07) is 6.16. The van der Waals surface area contributed by atoms with Crippen molar-refractivity contribution in [2.75, 3.05) is 0 Å². The fourth-order valence-electron chi connectivity index (χ4n) is 1.45. The van der Waals surface area contributed by atoms with Crippen molar-refractivity contribution < 1.29 is 9.18 Å². The van der Waals surface area contributed by atoms with Crippen molar-refractivity contribution in [1.29, 1.82) is 0 Å². The fourth-order valence-corrected chi connectivity index (χ4v) is 1.45. The summed E-state index contributed by atoms with van der Waals surface area (Å²) in [6.07, 6.45) is 1.45. The number of halogens is 1. The molecule has 14 heavy (non-hydrogen) atoms. The van der Waals surface area contributed by atoms with E-state index >= 15 is 0 Å². The Balaban J connectivity index is 2.38. The molecule has 0 fully saturated rings. The number of hydrogen-bond donors (Lipinski definition) is 1. The van der Waals surface area contributed by atoms with Gasteiger partial charge < -0.3 is 5.32 Å². The molecule has 2 nitrogen and oxygen atoms in total. The monoisotopic (exact) mass is 191 g/mol. The molecule has 1 aromatic rings. The van der Waals surface area contributed by atoms with Gasteiger partial charge in [0.05, 0.1) is 6.04 Å². The summed E-state index contributed by atoms with van der Waals surface area (Å²) >= 11 is 0. The molecule has 72 valence electrons. The molecule has 0 saturated heterocycles. The minimum atomic E-state index is -0.312. The Morgan fingerprint density at radius 2 is 2.07 bits per heavy atom. The zero-order valence-corrected chi connectivity index (χ0v) is 7.75. The molecule has 0 amide bonds. The first-order valence-electron chi connectivity index (χ1n) is 4.45. The quantitative estimate of drug-likeness (QED) is 0.732. The Bertz CT molecular complexity index is 412. The zero-order chi connectivity index (χ0) is 10.1. The van der Waals surface area contributed by atoms with Crippen LogP contribution in [0, 0.1) is 5.82 Å². The van der Waals surface area contributed by atoms with Crippen LogP contribution in [-0.4, -0.2) is 11.8 Å². The van der Waals surface area contributed by atoms with E-state index in [4.69, 9.17) is 0 Å². The first kappa shape index (κ1) is 8.94. The van der Waals surface area contributed by atoms with Gasteiger partial charge in [-0.3, -0.25) is 4.79 Å². The van der Waals surface area contributed by atoms with Gasteiger partial charge in [0, 0.05) is 17.3 Å². The van der Waals surface area contributed by atoms with Crippen molar-refractivity contribution in [2.24, 2.45) is 0 Å². The Hall–Kier alpha value is -1.64. The van der Waals surface area contributed by atoms with E-state index in [1.807, 2.05) is 0 Å². The van der Waals surface area contributed by atoms with Gasteiger partial charge in [-0.15, -0.1) is 0 Å². The van der Waals surface area contributed by atoms with Crippen LogP contribution in [0.25, 0.3) is 5.70 Å². The largest absolute Gasteiger partial charge is 0.375 e. The second kappa shape index (κ2) is 3.25. The van der Waals surface area contributed by atoms with Gasteiger partial charge in [0.2, 0.25) is 0 Å². The van der Waals surface area contributed by atoms with Crippen molar-refractivity contribution in [3.8, 4) is 0 Å². The maximum Gasteiger partial charge on any atom is 0.179 e. The highest BCUT2D eigenvalue weighted by Gasteiger charge is 2.21. The number of carbonyl (C=O) groups is 1. The molecule has 1 aliphatic rings. The highest BCUT2D eigenvalue weighted by molar-refractivity contribution is 6.04. The average Bonchev–Trinajstić information content (AvgIpc) is 2.48. The van der Waals surface area contributed by atoms with Crippen molar-refractivity contribution in [1.82, 2.24) is 5.32 Å². The molecule has 1 aromatic carbocycles. The van der Waals surface area contributed by atoms with Crippen LogP contribution in [0.15, 0.2) is 30.3 Å². The third-order valence-corrected chi connectivity index (χ3v) is 2.25. The lowest BCUT2D eigenvalue weighted by Crippen LogP contribution is -2.24. The summed E-state index contributed by atoms with van der Waals surface area (Å²) in [5.41, 5.74) is 1.02. The summed E-state index contributed by atoms with van der Waals surface area (Å²) in [5, 5.41) is 2.93. The Kier molecular flexibility index (Phi) is 2.08. The molecule has 1 aliphatic heterocycles. The smallest absolute Gasteiger partial charge is 0.179 e. The normalized spacial score (nSPS) is 20.6. The Morgan fingerprint density at radius 3 is 2.64 bits per heavy atom. The number of ketones is 1. The first-order valence-corrected chi connectivity index (χ1v) is 4.45. The van der Waals surface area contributed by atoms with E-state index < -0.39 is 0 Å². The third kappa shape index (κ3) is 1.41. The van der Waals surface area contributed by atoms with Crippen LogP contribution >= 0.6 is 0 Å². The van der Waals surface area contributed by atoms with E-state index in [1.54, 1.807) is 25.1 Å². The van der Waals surface area contributed by atoms with E-state index in [9.17, 15) is 9.18 Å². The molecule has 1 atom stereocenters. The first-order chi connectivity index (χ1) is 6.68. The second-order valence-electron chi connectivity index (χ2n) is 3.31. The maximum atomic E-state index is 13.3. The number of hydrogen-bond acceptors (Lipinski definition) is 2. The van der Waals surface area contributed by atoms with Crippen molar-refractivity contribution >= 4 is 11.5 Å². The van der Waals surface area contributed by atoms with Crippen LogP contribution in [0.4, 0.5) is 4.39 Å². The summed E-state index contributed by atoms with van der Waals surface area (Å²) in [7, 11) is 0. The summed E-state index contributed by atoms with van der Waals surface area (Å²) in [5.74, 6) is -0.323. The third-order valence-electron chi connectivity index (χ3n) is 2.25. The van der Waals surface area contributed by atoms with Gasteiger partial charge >= 0.3 is 0 Å². The standard InChI is InChI=1S/C11H10FNO/c1-7-11(14)6-10(13-7)8-4-2-3-5-9(8)12/h2-7,13H,1H3. The van der Waals surface area contributed by atoms with E-state index in [-0.39, 0.29) is 17.6 Å². The minimum absolute atomic E-state index is 0.0109. The molecule has 0 saturated carbocycles. The second-order valence-corrected chi connectivity index (χ2v) is 3.31. The number of carbonyl (C=O) groups excluding carboxylic acids is 1. The molecule has 0 radical (unpaired) electrons. The van der Waals surface area contributed by atoms with E-state index in [1.165, 1.54) is 12.1 Å². The van der Waals surface area contributed by atoms with Gasteiger partial charge in [-0.1, -0.05) is 12.1 Å². The maximum absolute atomic E-state index is 13.3. The minimum Gasteiger partial charge on any atom is -0.375 e. The van der Waals surface area contributed by atoms with E-state index in [0.717, 1.165) is 0 Å². The van der Waals surface area contributed by atoms with Crippen LogP contribution < -0.4 is 5.32 Å². The lowest BCUT2D eigenvalue weighted by Gasteiger charge is -2.07. The summed E-state index contributed by atoms with van der Waals surface area (Å²) < 4.78 is 13.3. The topological polar surface area (TPSA) is 29.1 Å². The average molecular weight is 191 g/mol. The van der Waals surface area contributed by atoms with Gasteiger partial charge in [-0.25, -0.2) is 4.39 Å². The Labute approximate surface area is 81.4 Å². The van der Waals surface area contributed by atoms with Crippen LogP contribution in [0.2, 0.25) is 0 Å². The van der Waals surface area contributed by atoms with Gasteiger partial charge in [-0.2, -0.15) is 0 Å². The Morgan fingerprint density at radius 1 is 1.36 bits per heavy atom. The summed E-state index contributed by atoms with van der Waals surface area (Å²) in [4.78, 5) is 11.2. The van der Waals surface area contributed by atoms with E-state index in [0.29, 0.717) is 11.3 Å². The molecule has 3 heteroatoms. The summed E-state index contributed by atoms with van der Waals surface area (Å²) in [6.45, 7) is 1.76. The van der Waals surface area contributed by atoms with Gasteiger partial charge in [0.1, 0.15) is 5.82 Å². The lowest BCUT2D eigenvalue weighted by molar-refractivity contribution is -0.115. The lowest BCUT2D eigenvalue weighted by atomic mass is 10.1. The number of benzene rings is 1. The zero-order valence-electron chi connectivity index (χ0n) is 7.75. The van der Waals surface area contributed by atoms with Gasteiger partial charge in [-0.05, 0) is 19.1 Å². The van der Waals surface area contributed by atoms with Crippen LogP contribution in [-0.2, 0) is 4.79 Å². The van der Waals surface area contributed by atoms with Crippen LogP contribution in [0.3, 0.4) is 0 Å². The van der Waals surface area contributed by atoms with Crippen LogP contribution in [0.5, 0.6) is 0 Å². The van der Waals surface area contributed by atoms with Crippen LogP contribution in [0.1, 0.15) is 12.5 Å². The molecule has 1 heterocycles. The molecule has 1 N–H and O–H groups in total. The predicted octanol–water partition coefficient (Wildman–Crippen LogP) is 1.73. The SMILES string of the molecule is CC1NC(c2ccccc2F)=CC1=O. The van der Waals surface area contributed by atoms with Crippen molar-refractivity contribution in [3.05, 3.63) is 41.7 Å². The van der Waals surface area contributed by atoms with Crippen molar-refractivity contribution in [3.63, 3.8) is 0 Å². The molecule has 0 spiro atoms. The molecule has 0 aromatic heterocycles. The van der Waals surface area contributed by atoms with Crippen molar-refractivity contribution in [2.45, 2.75) is 13.0 Å².